The highest BCUT2D eigenvalue weighted by molar-refractivity contribution is 5.95. The number of aromatic nitrogens is 1. The van der Waals surface area contributed by atoms with Crippen molar-refractivity contribution in [1.82, 2.24) is 10.4 Å². The molecule has 1 fully saturated rings. The second-order valence-corrected chi connectivity index (χ2v) is 4.56. The van der Waals surface area contributed by atoms with Gasteiger partial charge >= 0.3 is 0 Å². The third-order valence-electron chi connectivity index (χ3n) is 2.99. The summed E-state index contributed by atoms with van der Waals surface area (Å²) in [5.74, 6) is 0.488. The molecule has 1 saturated carbocycles. The molecule has 1 heterocycles. The number of carbonyl (C=O) groups excluding carboxylic acids is 1. The molecular formula is C13H17N3O. The summed E-state index contributed by atoms with van der Waals surface area (Å²) < 4.78 is 0. The molecule has 1 aromatic heterocycles. The maximum Gasteiger partial charge on any atom is 0.272 e. The van der Waals surface area contributed by atoms with E-state index < -0.39 is 0 Å². The van der Waals surface area contributed by atoms with Gasteiger partial charge in [0.25, 0.3) is 5.91 Å². The van der Waals surface area contributed by atoms with E-state index in [1.54, 1.807) is 24.5 Å². The van der Waals surface area contributed by atoms with Crippen LogP contribution in [0.1, 0.15) is 43.0 Å². The number of hydrogen-bond acceptors (Lipinski definition) is 3. The molecule has 0 aromatic carbocycles. The molecule has 1 aliphatic carbocycles. The predicted octanol–water partition coefficient (Wildman–Crippen LogP) is 2.38. The molecule has 0 bridgehead atoms. The molecule has 1 amide bonds. The molecule has 17 heavy (non-hydrogen) atoms. The fraction of sp³-hybridized carbons (Fsp3) is 0.462. The van der Waals surface area contributed by atoms with Gasteiger partial charge in [-0.1, -0.05) is 6.92 Å². The van der Waals surface area contributed by atoms with E-state index in [1.165, 1.54) is 12.8 Å². The van der Waals surface area contributed by atoms with Gasteiger partial charge < -0.3 is 0 Å². The van der Waals surface area contributed by atoms with Crippen molar-refractivity contribution in [3.63, 3.8) is 0 Å². The first-order chi connectivity index (χ1) is 8.25. The number of nitrogens with zero attached hydrogens (tertiary/aromatic N) is 2. The first-order valence-electron chi connectivity index (χ1n) is 6.01. The van der Waals surface area contributed by atoms with Gasteiger partial charge in [0.1, 0.15) is 0 Å². The summed E-state index contributed by atoms with van der Waals surface area (Å²) in [6.07, 6.45) is 7.60. The zero-order valence-electron chi connectivity index (χ0n) is 10.0. The minimum absolute atomic E-state index is 0.191. The molecule has 0 radical (unpaired) electrons. The third kappa shape index (κ3) is 3.37. The van der Waals surface area contributed by atoms with E-state index in [2.05, 4.69) is 22.4 Å². The molecular weight excluding hydrogens is 214 g/mol. The summed E-state index contributed by atoms with van der Waals surface area (Å²) in [6, 6.07) is 3.47. The Balaban J connectivity index is 1.93. The summed E-state index contributed by atoms with van der Waals surface area (Å²) in [7, 11) is 0. The van der Waals surface area contributed by atoms with E-state index in [4.69, 9.17) is 0 Å². The lowest BCUT2D eigenvalue weighted by molar-refractivity contribution is 0.0954. The van der Waals surface area contributed by atoms with Crippen molar-refractivity contribution in [1.29, 1.82) is 0 Å². The zero-order valence-corrected chi connectivity index (χ0v) is 10.0. The van der Waals surface area contributed by atoms with Gasteiger partial charge in [0.2, 0.25) is 0 Å². The monoisotopic (exact) mass is 231 g/mol. The Bertz CT molecular complexity index is 414. The van der Waals surface area contributed by atoms with Crippen molar-refractivity contribution in [2.24, 2.45) is 11.0 Å². The third-order valence-corrected chi connectivity index (χ3v) is 2.99. The number of nitrogens with one attached hydrogen (secondary N) is 1. The lowest BCUT2D eigenvalue weighted by Crippen LogP contribution is -2.22. The Hall–Kier alpha value is -1.71. The topological polar surface area (TPSA) is 54.4 Å². The minimum atomic E-state index is -0.191. The smallest absolute Gasteiger partial charge is 0.267 e. The Morgan fingerprint density at radius 1 is 1.59 bits per heavy atom. The second kappa shape index (κ2) is 5.57. The van der Waals surface area contributed by atoms with Crippen LogP contribution >= 0.6 is 0 Å². The number of rotatable bonds is 2. The van der Waals surface area contributed by atoms with Gasteiger partial charge in [-0.05, 0) is 43.7 Å². The first-order valence-corrected chi connectivity index (χ1v) is 6.01. The normalized spacial score (nSPS) is 22.4. The Morgan fingerprint density at radius 3 is 3.18 bits per heavy atom. The van der Waals surface area contributed by atoms with Gasteiger partial charge in [0.05, 0.1) is 5.56 Å². The van der Waals surface area contributed by atoms with Crippen LogP contribution in [0.3, 0.4) is 0 Å². The van der Waals surface area contributed by atoms with Gasteiger partial charge in [0.15, 0.2) is 0 Å². The molecule has 4 heteroatoms. The number of amides is 1. The van der Waals surface area contributed by atoms with Crippen molar-refractivity contribution in [2.75, 3.05) is 0 Å². The first kappa shape index (κ1) is 11.8. The highest BCUT2D eigenvalue weighted by Crippen LogP contribution is 2.20. The average molecular weight is 231 g/mol. The molecule has 0 spiro atoms. The summed E-state index contributed by atoms with van der Waals surface area (Å²) in [5.41, 5.74) is 4.24. The molecule has 0 aliphatic heterocycles. The van der Waals surface area contributed by atoms with Crippen LogP contribution in [0.25, 0.3) is 0 Å². The van der Waals surface area contributed by atoms with Crippen molar-refractivity contribution in [3.05, 3.63) is 30.1 Å². The van der Waals surface area contributed by atoms with Crippen molar-refractivity contribution < 1.29 is 4.79 Å². The van der Waals surface area contributed by atoms with E-state index in [1.807, 2.05) is 0 Å². The largest absolute Gasteiger partial charge is 0.272 e. The molecule has 4 nitrogen and oxygen atoms in total. The van der Waals surface area contributed by atoms with E-state index in [-0.39, 0.29) is 5.91 Å². The van der Waals surface area contributed by atoms with Crippen LogP contribution in [0.15, 0.2) is 29.6 Å². The Morgan fingerprint density at radius 2 is 2.47 bits per heavy atom. The lowest BCUT2D eigenvalue weighted by Gasteiger charge is -2.18. The van der Waals surface area contributed by atoms with Crippen LogP contribution in [0.2, 0.25) is 0 Å². The molecule has 1 aromatic rings. The highest BCUT2D eigenvalue weighted by atomic mass is 16.2. The Kier molecular flexibility index (Phi) is 3.85. The number of carbonyl (C=O) groups is 1. The lowest BCUT2D eigenvalue weighted by atomic mass is 9.89. The van der Waals surface area contributed by atoms with Gasteiger partial charge in [0, 0.05) is 18.1 Å². The second-order valence-electron chi connectivity index (χ2n) is 4.56. The van der Waals surface area contributed by atoms with Gasteiger partial charge in [-0.25, -0.2) is 5.43 Å². The van der Waals surface area contributed by atoms with Crippen LogP contribution in [0.5, 0.6) is 0 Å². The van der Waals surface area contributed by atoms with Crippen molar-refractivity contribution in [2.45, 2.75) is 32.6 Å². The van der Waals surface area contributed by atoms with E-state index in [0.717, 1.165) is 18.6 Å². The van der Waals surface area contributed by atoms with Gasteiger partial charge in [-0.15, -0.1) is 0 Å². The van der Waals surface area contributed by atoms with Crippen LogP contribution in [0, 0.1) is 5.92 Å². The summed E-state index contributed by atoms with van der Waals surface area (Å²) in [6.45, 7) is 2.22. The van der Waals surface area contributed by atoms with E-state index >= 15 is 0 Å². The van der Waals surface area contributed by atoms with E-state index in [0.29, 0.717) is 11.5 Å². The fourth-order valence-corrected chi connectivity index (χ4v) is 2.05. The van der Waals surface area contributed by atoms with Crippen LogP contribution in [-0.4, -0.2) is 16.6 Å². The number of hydrazone groups is 1. The summed E-state index contributed by atoms with van der Waals surface area (Å²) in [4.78, 5) is 15.6. The SMILES string of the molecule is C[C@@H]1CCC/C(=N/NC(=O)c2cccnc2)C1. The molecule has 0 saturated heterocycles. The zero-order chi connectivity index (χ0) is 12.1. The summed E-state index contributed by atoms with van der Waals surface area (Å²) in [5, 5.41) is 4.20. The minimum Gasteiger partial charge on any atom is -0.267 e. The number of pyridine rings is 1. The number of hydrogen-bond donors (Lipinski definition) is 1. The average Bonchev–Trinajstić information content (AvgIpc) is 2.37. The maximum atomic E-state index is 11.7. The van der Waals surface area contributed by atoms with Crippen molar-refractivity contribution in [3.8, 4) is 0 Å². The molecule has 2 rings (SSSR count). The molecule has 1 aliphatic rings. The fourth-order valence-electron chi connectivity index (χ4n) is 2.05. The van der Waals surface area contributed by atoms with E-state index in [9.17, 15) is 4.79 Å². The van der Waals surface area contributed by atoms with Gasteiger partial charge in [-0.2, -0.15) is 5.10 Å². The Labute approximate surface area is 101 Å². The molecule has 1 N–H and O–H groups in total. The van der Waals surface area contributed by atoms with Crippen LogP contribution in [-0.2, 0) is 0 Å². The van der Waals surface area contributed by atoms with Gasteiger partial charge in [-0.3, -0.25) is 9.78 Å². The highest BCUT2D eigenvalue weighted by Gasteiger charge is 2.14. The molecule has 0 unspecified atom stereocenters. The quantitative estimate of drug-likeness (QED) is 0.794. The standard InChI is InChI=1S/C13H17N3O/c1-10-4-2-6-12(8-10)15-16-13(17)11-5-3-7-14-9-11/h3,5,7,9-10H,2,4,6,8H2,1H3,(H,16,17)/b15-12-/t10-/m1/s1. The van der Waals surface area contributed by atoms with Crippen LogP contribution in [0.4, 0.5) is 0 Å². The maximum absolute atomic E-state index is 11.7. The summed E-state index contributed by atoms with van der Waals surface area (Å²) >= 11 is 0. The molecule has 90 valence electrons. The van der Waals surface area contributed by atoms with Crippen LogP contribution < -0.4 is 5.43 Å². The van der Waals surface area contributed by atoms with Crippen molar-refractivity contribution >= 4 is 11.6 Å². The molecule has 1 atom stereocenters. The predicted molar refractivity (Wildman–Crippen MR) is 66.8 cm³/mol.